The molecule has 2 aromatic heterocycles. The van der Waals surface area contributed by atoms with Gasteiger partial charge in [-0.25, -0.2) is 9.78 Å². The highest BCUT2D eigenvalue weighted by atomic mass is 35.5. The lowest BCUT2D eigenvalue weighted by molar-refractivity contribution is 0.188. The summed E-state index contributed by atoms with van der Waals surface area (Å²) in [6, 6.07) is 7.24. The van der Waals surface area contributed by atoms with Gasteiger partial charge >= 0.3 is 5.69 Å². The van der Waals surface area contributed by atoms with Crippen LogP contribution in [0.15, 0.2) is 33.9 Å². The van der Waals surface area contributed by atoms with Gasteiger partial charge in [0.05, 0.1) is 6.61 Å². The van der Waals surface area contributed by atoms with Crippen LogP contribution in [0.3, 0.4) is 0 Å². The molecule has 8 heteroatoms. The molecule has 0 aliphatic heterocycles. The summed E-state index contributed by atoms with van der Waals surface area (Å²) in [5.74, 6) is 0.579. The molecule has 0 amide bonds. The summed E-state index contributed by atoms with van der Waals surface area (Å²) in [5.41, 5.74) is 0.606. The summed E-state index contributed by atoms with van der Waals surface area (Å²) in [4.78, 5) is 31.6. The number of halogens is 1. The number of nitrogens with one attached hydrogen (secondary N) is 1. The van der Waals surface area contributed by atoms with Gasteiger partial charge < -0.3 is 9.30 Å². The van der Waals surface area contributed by atoms with Crippen LogP contribution in [0.1, 0.15) is 13.3 Å². The van der Waals surface area contributed by atoms with E-state index in [2.05, 4.69) is 9.97 Å². The standard InChI is InChI=1S/C17H19ClN4O3/c1-3-7-22-15-13(16(23)20-17(22)24)21(8-9-25-2)14(19-15)11-5-4-6-12(18)10-11/h4-6,10H,3,7-9H2,1-2H3,(H,20,23,24). The Labute approximate surface area is 148 Å². The van der Waals surface area contributed by atoms with Gasteiger partial charge in [-0.2, -0.15) is 0 Å². The van der Waals surface area contributed by atoms with E-state index in [0.29, 0.717) is 41.7 Å². The van der Waals surface area contributed by atoms with E-state index in [4.69, 9.17) is 16.3 Å². The molecule has 0 saturated carbocycles. The number of hydrogen-bond donors (Lipinski definition) is 1. The summed E-state index contributed by atoms with van der Waals surface area (Å²) in [7, 11) is 1.59. The van der Waals surface area contributed by atoms with Crippen molar-refractivity contribution in [1.82, 2.24) is 19.1 Å². The number of hydrogen-bond acceptors (Lipinski definition) is 4. The van der Waals surface area contributed by atoms with Crippen LogP contribution < -0.4 is 11.2 Å². The van der Waals surface area contributed by atoms with Crippen LogP contribution in [-0.2, 0) is 17.8 Å². The summed E-state index contributed by atoms with van der Waals surface area (Å²) in [6.45, 7) is 3.28. The Hall–Kier alpha value is -2.38. The Bertz CT molecular complexity index is 1020. The van der Waals surface area contributed by atoms with E-state index in [1.165, 1.54) is 4.57 Å². The van der Waals surface area contributed by atoms with E-state index < -0.39 is 11.2 Å². The van der Waals surface area contributed by atoms with Crippen molar-refractivity contribution in [3.8, 4) is 11.4 Å². The van der Waals surface area contributed by atoms with Crippen molar-refractivity contribution in [1.29, 1.82) is 0 Å². The van der Waals surface area contributed by atoms with Gasteiger partial charge in [0.25, 0.3) is 5.56 Å². The highest BCUT2D eigenvalue weighted by Gasteiger charge is 2.19. The van der Waals surface area contributed by atoms with Crippen LogP contribution in [0.4, 0.5) is 0 Å². The number of fused-ring (bicyclic) bond motifs is 1. The number of imidazole rings is 1. The van der Waals surface area contributed by atoms with Gasteiger partial charge in [0.2, 0.25) is 0 Å². The number of aromatic amines is 1. The average molecular weight is 363 g/mol. The maximum Gasteiger partial charge on any atom is 0.330 e. The van der Waals surface area contributed by atoms with Crippen molar-refractivity contribution >= 4 is 22.8 Å². The van der Waals surface area contributed by atoms with Crippen molar-refractivity contribution in [2.45, 2.75) is 26.4 Å². The summed E-state index contributed by atoms with van der Waals surface area (Å²) in [5, 5.41) is 0.572. The second-order valence-corrected chi connectivity index (χ2v) is 6.11. The molecule has 0 saturated heterocycles. The monoisotopic (exact) mass is 362 g/mol. The number of H-pyrrole nitrogens is 1. The van der Waals surface area contributed by atoms with E-state index in [1.54, 1.807) is 23.8 Å². The Morgan fingerprint density at radius 2 is 2.04 bits per heavy atom. The molecular weight excluding hydrogens is 344 g/mol. The van der Waals surface area contributed by atoms with Crippen LogP contribution in [0, 0.1) is 0 Å². The molecule has 0 fully saturated rings. The molecule has 3 aromatic rings. The van der Waals surface area contributed by atoms with Gasteiger partial charge in [0.15, 0.2) is 11.2 Å². The number of aromatic nitrogens is 4. The summed E-state index contributed by atoms with van der Waals surface area (Å²) < 4.78 is 8.43. The molecule has 25 heavy (non-hydrogen) atoms. The van der Waals surface area contributed by atoms with Gasteiger partial charge in [-0.05, 0) is 18.6 Å². The summed E-state index contributed by atoms with van der Waals surface area (Å²) >= 11 is 6.10. The predicted octanol–water partition coefficient (Wildman–Crippen LogP) is 2.26. The molecule has 0 spiro atoms. The van der Waals surface area contributed by atoms with Crippen LogP contribution in [0.5, 0.6) is 0 Å². The van der Waals surface area contributed by atoms with Crippen LogP contribution in [-0.4, -0.2) is 32.8 Å². The van der Waals surface area contributed by atoms with Gasteiger partial charge in [0, 0.05) is 30.8 Å². The van der Waals surface area contributed by atoms with Crippen LogP contribution >= 0.6 is 11.6 Å². The van der Waals surface area contributed by atoms with Crippen molar-refractivity contribution in [3.05, 3.63) is 50.1 Å². The predicted molar refractivity (Wildman–Crippen MR) is 97.2 cm³/mol. The minimum absolute atomic E-state index is 0.361. The first-order chi connectivity index (χ1) is 12.1. The fraction of sp³-hybridized carbons (Fsp3) is 0.353. The molecule has 0 radical (unpaired) electrons. The van der Waals surface area contributed by atoms with Crippen molar-refractivity contribution in [3.63, 3.8) is 0 Å². The molecule has 0 unspecified atom stereocenters. The molecule has 1 aromatic carbocycles. The van der Waals surface area contributed by atoms with Crippen LogP contribution in [0.25, 0.3) is 22.6 Å². The highest BCUT2D eigenvalue weighted by Crippen LogP contribution is 2.25. The van der Waals surface area contributed by atoms with Gasteiger partial charge in [-0.3, -0.25) is 14.3 Å². The molecule has 3 rings (SSSR count). The third kappa shape index (κ3) is 3.25. The number of benzene rings is 1. The largest absolute Gasteiger partial charge is 0.383 e. The Morgan fingerprint density at radius 3 is 2.72 bits per heavy atom. The average Bonchev–Trinajstić information content (AvgIpc) is 2.96. The normalized spacial score (nSPS) is 11.3. The van der Waals surface area contributed by atoms with Crippen molar-refractivity contribution in [2.24, 2.45) is 0 Å². The van der Waals surface area contributed by atoms with E-state index in [-0.39, 0.29) is 0 Å². The topological polar surface area (TPSA) is 81.9 Å². The highest BCUT2D eigenvalue weighted by molar-refractivity contribution is 6.30. The first kappa shape index (κ1) is 17.4. The number of nitrogens with zero attached hydrogens (tertiary/aromatic N) is 3. The lowest BCUT2D eigenvalue weighted by atomic mass is 10.2. The molecular formula is C17H19ClN4O3. The van der Waals surface area contributed by atoms with E-state index in [9.17, 15) is 9.59 Å². The summed E-state index contributed by atoms with van der Waals surface area (Å²) in [6.07, 6.45) is 0.748. The van der Waals surface area contributed by atoms with E-state index in [1.807, 2.05) is 19.1 Å². The maximum atomic E-state index is 12.5. The number of aryl methyl sites for hydroxylation is 1. The maximum absolute atomic E-state index is 12.5. The van der Waals surface area contributed by atoms with Gasteiger partial charge in [0.1, 0.15) is 5.82 Å². The van der Waals surface area contributed by atoms with Crippen molar-refractivity contribution in [2.75, 3.05) is 13.7 Å². The molecule has 0 bridgehead atoms. The molecule has 1 N–H and O–H groups in total. The zero-order valence-corrected chi connectivity index (χ0v) is 14.8. The molecule has 0 aliphatic rings. The third-order valence-corrected chi connectivity index (χ3v) is 4.17. The van der Waals surface area contributed by atoms with E-state index in [0.717, 1.165) is 12.0 Å². The SMILES string of the molecule is CCCn1c(=O)[nH]c(=O)c2c1nc(-c1cccc(Cl)c1)n2CCOC. The van der Waals surface area contributed by atoms with Gasteiger partial charge in [-0.1, -0.05) is 30.7 Å². The molecule has 132 valence electrons. The molecule has 7 nitrogen and oxygen atoms in total. The lowest BCUT2D eigenvalue weighted by Gasteiger charge is -2.08. The number of rotatable bonds is 6. The minimum Gasteiger partial charge on any atom is -0.383 e. The van der Waals surface area contributed by atoms with Crippen LogP contribution in [0.2, 0.25) is 5.02 Å². The first-order valence-corrected chi connectivity index (χ1v) is 8.42. The second-order valence-electron chi connectivity index (χ2n) is 5.67. The Balaban J connectivity index is 2.36. The third-order valence-electron chi connectivity index (χ3n) is 3.93. The minimum atomic E-state index is -0.454. The molecule has 0 aliphatic carbocycles. The number of ether oxygens (including phenoxy) is 1. The van der Waals surface area contributed by atoms with Gasteiger partial charge in [-0.15, -0.1) is 0 Å². The number of methoxy groups -OCH3 is 1. The Kier molecular flexibility index (Phi) is 5.06. The van der Waals surface area contributed by atoms with Crippen molar-refractivity contribution < 1.29 is 4.74 Å². The zero-order chi connectivity index (χ0) is 18.0. The fourth-order valence-electron chi connectivity index (χ4n) is 2.85. The quantitative estimate of drug-likeness (QED) is 0.729. The van der Waals surface area contributed by atoms with E-state index >= 15 is 0 Å². The Morgan fingerprint density at radius 1 is 1.24 bits per heavy atom. The smallest absolute Gasteiger partial charge is 0.330 e. The molecule has 2 heterocycles. The first-order valence-electron chi connectivity index (χ1n) is 8.05. The second kappa shape index (κ2) is 7.25. The fourth-order valence-corrected chi connectivity index (χ4v) is 3.04. The lowest BCUT2D eigenvalue weighted by Crippen LogP contribution is -2.31. The molecule has 0 atom stereocenters. The zero-order valence-electron chi connectivity index (χ0n) is 14.1.